The molecule has 100 heavy (non-hydrogen) atoms. The van der Waals surface area contributed by atoms with Crippen LogP contribution in [0.5, 0.6) is 23.0 Å². The molecule has 0 bridgehead atoms. The summed E-state index contributed by atoms with van der Waals surface area (Å²) < 4.78 is 90.6. The van der Waals surface area contributed by atoms with Crippen LogP contribution in [-0.2, 0) is 104 Å². The van der Waals surface area contributed by atoms with E-state index >= 15 is 0 Å². The Morgan fingerprint density at radius 1 is 0.450 bits per heavy atom. The lowest BCUT2D eigenvalue weighted by molar-refractivity contribution is -0.153. The molecule has 0 amide bonds. The fourth-order valence-electron chi connectivity index (χ4n) is 12.0. The quantitative estimate of drug-likeness (QED) is 0.0738. The van der Waals surface area contributed by atoms with Crippen molar-refractivity contribution in [3.8, 4) is 23.0 Å². The van der Waals surface area contributed by atoms with Gasteiger partial charge in [0, 0.05) is 83.3 Å². The molecule has 0 spiro atoms. The molecular weight excluding hydrogens is 1390 g/mol. The fourth-order valence-corrected chi connectivity index (χ4v) is 23.7. The number of alkyl halides is 3. The summed E-state index contributed by atoms with van der Waals surface area (Å²) in [6, 6.07) is 44.9. The first-order valence-electron chi connectivity index (χ1n) is 35.3. The molecule has 6 aromatic rings. The van der Waals surface area contributed by atoms with E-state index in [1.807, 2.05) is 54.6 Å². The number of fused-ring (bicyclic) bond motifs is 2. The standard InChI is InChI=1S/C16H16F3O2S.C14H21O2S.C14H21OS.C13H19O3S.C13H17OS.C10H12O2S/c17-16(18,19)11-21-14-5-6-15(22-9-7-20-8-10-22)13-4-2-1-3-12(13)14;1-2-3-8-16-13-4-6-14(7-5-13)17-11-9-15-10-12-17;1-14(2,3)12-4-6-13(7-5-12)16-10-8-15-9-11-16;1-14-6-7-16-12-2-4-13(5-3-12)17-10-8-15-9-11-17;1-2-4-12-11(3-1)5-6-13(12)15-9-7-14-8-10-15;11-9-1-3-10(4-2-9)13-7-5-12-6-8-13/h1-6H,7-11H2;4-7H,2-3,8-12H2,1H3;4-7H,8-11H2,1-3H3;2-5H,6-11H2,1H3;1-4,6,11-12H,5,7-10H2;1-4H,5-8H2/q5*+1;/p+1. The Morgan fingerprint density at radius 3 is 1.30 bits per heavy atom. The minimum absolute atomic E-state index is 0.0853. The molecule has 6 saturated heterocycles. The Hall–Kier alpha value is -4.39. The van der Waals surface area contributed by atoms with Gasteiger partial charge in [0.2, 0.25) is 0 Å². The van der Waals surface area contributed by atoms with Gasteiger partial charge in [-0.15, -0.1) is 0 Å². The smallest absolute Gasteiger partial charge is 0.422 e. The van der Waals surface area contributed by atoms with Crippen LogP contribution < -0.4 is 14.2 Å². The van der Waals surface area contributed by atoms with E-state index in [-0.39, 0.29) is 22.1 Å². The number of benzene rings is 6. The average Bonchev–Trinajstić information content (AvgIpc) is 1.03. The Bertz CT molecular complexity index is 3290. The molecule has 2 unspecified atom stereocenters. The van der Waals surface area contributed by atoms with Gasteiger partial charge in [-0.05, 0) is 139 Å². The average molecular weight is 1490 g/mol. The first-order valence-corrected chi connectivity index (χ1v) is 44.7. The summed E-state index contributed by atoms with van der Waals surface area (Å²) in [5.74, 6) is 17.8. The highest BCUT2D eigenvalue weighted by Gasteiger charge is 2.40. The third-order valence-corrected chi connectivity index (χ3v) is 31.4. The minimum atomic E-state index is -4.33. The summed E-state index contributed by atoms with van der Waals surface area (Å²) in [4.78, 5) is 8.66. The minimum Gasteiger partial charge on any atom is -0.508 e. The molecular formula is C80H107F3O11S6+6. The Balaban J connectivity index is 0.000000141. The number of methoxy groups -OCH3 is 1. The molecule has 0 saturated carbocycles. The Kier molecular flexibility index (Phi) is 34.4. The first kappa shape index (κ1) is 79.7. The third kappa shape index (κ3) is 26.6. The summed E-state index contributed by atoms with van der Waals surface area (Å²) in [7, 11) is 3.82. The van der Waals surface area contributed by atoms with Gasteiger partial charge in [0.15, 0.2) is 31.1 Å². The van der Waals surface area contributed by atoms with Crippen molar-refractivity contribution in [3.63, 3.8) is 0 Å². The number of unbranched alkanes of at least 4 members (excludes halogenated alkanes) is 1. The molecule has 6 aliphatic heterocycles. The maximum Gasteiger partial charge on any atom is 0.422 e. The van der Waals surface area contributed by atoms with Crippen LogP contribution in [0.4, 0.5) is 13.2 Å². The van der Waals surface area contributed by atoms with Crippen molar-refractivity contribution in [1.82, 2.24) is 0 Å². The normalized spacial score (nSPS) is 20.2. The van der Waals surface area contributed by atoms with Gasteiger partial charge in [-0.1, -0.05) is 88.8 Å². The van der Waals surface area contributed by atoms with E-state index in [1.165, 1.54) is 77.4 Å². The lowest BCUT2D eigenvalue weighted by Crippen LogP contribution is -2.29. The fraction of sp³-hybridized carbons (Fsp3) is 0.500. The van der Waals surface area contributed by atoms with Gasteiger partial charge in [-0.25, -0.2) is 0 Å². The molecule has 2 atom stereocenters. The monoisotopic (exact) mass is 1490 g/mol. The maximum atomic E-state index is 12.4. The van der Waals surface area contributed by atoms with Gasteiger partial charge in [0.25, 0.3) is 0 Å². The van der Waals surface area contributed by atoms with Crippen LogP contribution in [-0.4, -0.2) is 193 Å². The molecule has 0 radical (unpaired) electrons. The molecule has 8 aliphatic rings. The van der Waals surface area contributed by atoms with Crippen molar-refractivity contribution < 1.29 is 65.6 Å². The van der Waals surface area contributed by atoms with Gasteiger partial charge in [-0.2, -0.15) is 13.2 Å². The van der Waals surface area contributed by atoms with E-state index in [0.717, 1.165) is 161 Å². The van der Waals surface area contributed by atoms with Gasteiger partial charge in [-0.3, -0.25) is 0 Å². The van der Waals surface area contributed by atoms with E-state index < -0.39 is 12.8 Å². The van der Waals surface area contributed by atoms with Crippen molar-refractivity contribution in [2.45, 2.75) is 83.0 Å². The largest absolute Gasteiger partial charge is 0.508 e. The van der Waals surface area contributed by atoms with Gasteiger partial charge < -0.3 is 52.5 Å². The summed E-state index contributed by atoms with van der Waals surface area (Å²) in [6.07, 6.45) is 10.9. The van der Waals surface area contributed by atoms with Crippen LogP contribution in [0.15, 0.2) is 193 Å². The van der Waals surface area contributed by atoms with Gasteiger partial charge in [0.05, 0.1) is 98.4 Å². The van der Waals surface area contributed by atoms with Gasteiger partial charge >= 0.3 is 6.18 Å². The van der Waals surface area contributed by atoms with Crippen LogP contribution in [0.3, 0.4) is 0 Å². The molecule has 6 heterocycles. The molecule has 20 heteroatoms. The molecule has 2 aliphatic carbocycles. The van der Waals surface area contributed by atoms with Gasteiger partial charge in [0.1, 0.15) is 104 Å². The number of allylic oxidation sites excluding steroid dienone is 6. The van der Waals surface area contributed by atoms with Crippen molar-refractivity contribution >= 4 is 76.1 Å². The molecule has 11 nitrogen and oxygen atoms in total. The molecule has 14 rings (SSSR count). The second-order valence-corrected chi connectivity index (χ2v) is 39.3. The number of halogens is 3. The van der Waals surface area contributed by atoms with Crippen molar-refractivity contribution in [2.24, 2.45) is 11.8 Å². The Labute approximate surface area is 611 Å². The molecule has 0 aromatic heterocycles. The second-order valence-electron chi connectivity index (χ2n) is 25.6. The SMILES string of the molecule is C1=CC2CC=C([S+]3CCOCC3)C2C=C1.CC(C)(C)c1ccc([S+]2CCOCC2)cc1.CCCCOc1ccc([S+]2CCOCC2)cc1.COCCOc1ccc([S+]2CCOCC2)cc1.FC(F)(F)COc1ccc([S+]2CCOCC2)c2ccccc12.Oc1ccc([S+]2CCOCC2)cc1. The predicted octanol–water partition coefficient (Wildman–Crippen LogP) is 15.1. The zero-order chi connectivity index (χ0) is 70.2. The molecule has 6 aromatic carbocycles. The highest BCUT2D eigenvalue weighted by atomic mass is 32.2. The number of aromatic hydroxyl groups is 1. The molecule has 1 N–H and O–H groups in total. The lowest BCUT2D eigenvalue weighted by Gasteiger charge is -2.21. The molecule has 6 fully saturated rings. The predicted molar refractivity (Wildman–Crippen MR) is 416 cm³/mol. The summed E-state index contributed by atoms with van der Waals surface area (Å²) in [5.41, 5.74) is 1.69. The van der Waals surface area contributed by atoms with E-state index in [2.05, 4.69) is 119 Å². The summed E-state index contributed by atoms with van der Waals surface area (Å²) in [5, 5.41) is 10.9. The first-order chi connectivity index (χ1) is 48.7. The number of ether oxygens (including phenoxy) is 10. The summed E-state index contributed by atoms with van der Waals surface area (Å²) in [6.45, 7) is 20.4. The van der Waals surface area contributed by atoms with E-state index in [4.69, 9.17) is 52.5 Å². The van der Waals surface area contributed by atoms with Crippen molar-refractivity contribution in [2.75, 3.05) is 182 Å². The third-order valence-electron chi connectivity index (χ3n) is 17.6. The van der Waals surface area contributed by atoms with Crippen molar-refractivity contribution in [1.29, 1.82) is 0 Å². The number of rotatable bonds is 16. The Morgan fingerprint density at radius 2 is 0.860 bits per heavy atom. The van der Waals surface area contributed by atoms with E-state index in [0.29, 0.717) is 73.4 Å². The zero-order valence-electron chi connectivity index (χ0n) is 59.3. The van der Waals surface area contributed by atoms with Crippen LogP contribution in [0.1, 0.15) is 52.5 Å². The second kappa shape index (κ2) is 43.2. The van der Waals surface area contributed by atoms with Crippen LogP contribution in [0.2, 0.25) is 0 Å². The summed E-state index contributed by atoms with van der Waals surface area (Å²) >= 11 is 0. The topological polar surface area (TPSA) is 113 Å². The van der Waals surface area contributed by atoms with E-state index in [1.54, 1.807) is 30.2 Å². The highest BCUT2D eigenvalue weighted by Crippen LogP contribution is 2.41. The molecule has 544 valence electrons. The number of hydrogen-bond acceptors (Lipinski definition) is 11. The number of phenolic OH excluding ortho intramolecular Hbond substituents is 1. The lowest BCUT2D eigenvalue weighted by atomic mass is 9.87. The van der Waals surface area contributed by atoms with Crippen LogP contribution in [0, 0.1) is 11.8 Å². The highest BCUT2D eigenvalue weighted by molar-refractivity contribution is 8.00. The maximum absolute atomic E-state index is 12.4. The van der Waals surface area contributed by atoms with Crippen molar-refractivity contribution in [3.05, 3.63) is 174 Å². The zero-order valence-corrected chi connectivity index (χ0v) is 64.2. The van der Waals surface area contributed by atoms with E-state index in [9.17, 15) is 13.2 Å². The van der Waals surface area contributed by atoms with Crippen LogP contribution in [0.25, 0.3) is 10.8 Å². The number of phenols is 1. The van der Waals surface area contributed by atoms with Crippen LogP contribution >= 0.6 is 0 Å². The number of hydrogen-bond donors (Lipinski definition) is 1.